The van der Waals surface area contributed by atoms with Crippen LogP contribution in [0.3, 0.4) is 0 Å². The van der Waals surface area contributed by atoms with E-state index in [4.69, 9.17) is 34.8 Å². The summed E-state index contributed by atoms with van der Waals surface area (Å²) >= 11 is 19.1. The van der Waals surface area contributed by atoms with Crippen LogP contribution in [0, 0.1) is 11.3 Å². The molecule has 0 radical (unpaired) electrons. The summed E-state index contributed by atoms with van der Waals surface area (Å²) in [6, 6.07) is 13.3. The van der Waals surface area contributed by atoms with E-state index < -0.39 is 5.41 Å². The van der Waals surface area contributed by atoms with Gasteiger partial charge in [0.1, 0.15) is 5.41 Å². The molecule has 0 unspecified atom stereocenters. The van der Waals surface area contributed by atoms with Crippen LogP contribution in [0.15, 0.2) is 42.5 Å². The molecule has 5 atom stereocenters. The van der Waals surface area contributed by atoms with Crippen molar-refractivity contribution in [3.63, 3.8) is 0 Å². The topological polar surface area (TPSA) is 49.4 Å². The zero-order valence-electron chi connectivity index (χ0n) is 18.5. The van der Waals surface area contributed by atoms with Gasteiger partial charge in [0.2, 0.25) is 11.8 Å². The van der Waals surface area contributed by atoms with Crippen LogP contribution in [0.4, 0.5) is 0 Å². The second kappa shape index (κ2) is 8.79. The molecule has 1 aliphatic carbocycles. The van der Waals surface area contributed by atoms with Gasteiger partial charge < -0.3 is 10.2 Å². The first kappa shape index (κ1) is 23.0. The highest BCUT2D eigenvalue weighted by Gasteiger charge is 2.65. The van der Waals surface area contributed by atoms with Crippen molar-refractivity contribution in [2.45, 2.75) is 50.5 Å². The molecular weight excluding hydrogens is 479 g/mol. The van der Waals surface area contributed by atoms with Gasteiger partial charge >= 0.3 is 0 Å². The van der Waals surface area contributed by atoms with Gasteiger partial charge in [0.25, 0.3) is 0 Å². The lowest BCUT2D eigenvalue weighted by Gasteiger charge is -2.47. The summed E-state index contributed by atoms with van der Waals surface area (Å²) < 4.78 is 0. The summed E-state index contributed by atoms with van der Waals surface area (Å²) in [7, 11) is 0. The van der Waals surface area contributed by atoms with E-state index in [-0.39, 0.29) is 35.6 Å². The van der Waals surface area contributed by atoms with Crippen molar-refractivity contribution in [3.05, 3.63) is 68.7 Å². The number of halogens is 3. The fourth-order valence-electron chi connectivity index (χ4n) is 6.54. The van der Waals surface area contributed by atoms with Crippen LogP contribution in [0.25, 0.3) is 0 Å². The Balaban J connectivity index is 1.66. The Labute approximate surface area is 209 Å². The highest BCUT2D eigenvalue weighted by molar-refractivity contribution is 6.35. The van der Waals surface area contributed by atoms with Gasteiger partial charge in [0.15, 0.2) is 0 Å². The van der Waals surface area contributed by atoms with Crippen molar-refractivity contribution in [3.8, 4) is 0 Å². The molecule has 1 saturated carbocycles. The summed E-state index contributed by atoms with van der Waals surface area (Å²) in [5.41, 5.74) is 1.03. The Bertz CT molecular complexity index is 1080. The third kappa shape index (κ3) is 3.75. The number of hydrogen-bond donors (Lipinski definition) is 1. The van der Waals surface area contributed by atoms with Crippen molar-refractivity contribution < 1.29 is 9.59 Å². The molecule has 3 aliphatic rings. The normalized spacial score (nSPS) is 31.4. The third-order valence-electron chi connectivity index (χ3n) is 7.93. The standard InChI is InChI=1S/C26H27Cl3N2O2/c1-15-23-22(16-4-6-17(27)7-5-16)20(19-9-8-18(28)14-21(19)29)10-11-26(23,24(32)30-15)25(33)31-12-2-3-13-31/h4-9,14-15,20,22-23H,2-3,10-13H2,1H3,(H,30,32)/t15-,20+,22+,23+,26+/m1/s1. The van der Waals surface area contributed by atoms with Gasteiger partial charge in [0, 0.05) is 40.1 Å². The minimum atomic E-state index is -1.05. The largest absolute Gasteiger partial charge is 0.352 e. The molecule has 0 spiro atoms. The predicted molar refractivity (Wildman–Crippen MR) is 132 cm³/mol. The number of nitrogens with one attached hydrogen (secondary N) is 1. The second-order valence-electron chi connectivity index (χ2n) is 9.65. The molecule has 2 aromatic rings. The molecule has 4 nitrogen and oxygen atoms in total. The first-order chi connectivity index (χ1) is 15.8. The van der Waals surface area contributed by atoms with Gasteiger partial charge in [-0.1, -0.05) is 53.0 Å². The number of amides is 2. The predicted octanol–water partition coefficient (Wildman–Crippen LogP) is 6.05. The van der Waals surface area contributed by atoms with E-state index in [2.05, 4.69) is 5.32 Å². The first-order valence-electron chi connectivity index (χ1n) is 11.6. The average Bonchev–Trinajstić information content (AvgIpc) is 3.41. The average molecular weight is 506 g/mol. The summed E-state index contributed by atoms with van der Waals surface area (Å²) in [5, 5.41) is 5.01. The van der Waals surface area contributed by atoms with Gasteiger partial charge in [-0.15, -0.1) is 0 Å². The zero-order valence-corrected chi connectivity index (χ0v) is 20.8. The van der Waals surface area contributed by atoms with E-state index >= 15 is 0 Å². The van der Waals surface area contributed by atoms with Crippen LogP contribution in [0.5, 0.6) is 0 Å². The molecule has 0 bridgehead atoms. The number of carbonyl (C=O) groups excluding carboxylic acids is 2. The molecule has 33 heavy (non-hydrogen) atoms. The number of carbonyl (C=O) groups is 2. The van der Waals surface area contributed by atoms with Gasteiger partial charge in [-0.2, -0.15) is 0 Å². The van der Waals surface area contributed by atoms with E-state index in [1.807, 2.05) is 48.2 Å². The van der Waals surface area contributed by atoms with Crippen LogP contribution in [0.2, 0.25) is 15.1 Å². The summed E-state index contributed by atoms with van der Waals surface area (Å²) in [6.07, 6.45) is 3.18. The van der Waals surface area contributed by atoms with Gasteiger partial charge in [-0.25, -0.2) is 0 Å². The van der Waals surface area contributed by atoms with E-state index in [9.17, 15) is 9.59 Å². The molecule has 2 aromatic carbocycles. The molecule has 2 heterocycles. The quantitative estimate of drug-likeness (QED) is 0.516. The lowest BCUT2D eigenvalue weighted by Crippen LogP contribution is -2.54. The maximum Gasteiger partial charge on any atom is 0.238 e. The Hall–Kier alpha value is -1.75. The summed E-state index contributed by atoms with van der Waals surface area (Å²) in [6.45, 7) is 3.48. The number of fused-ring (bicyclic) bond motifs is 1. The van der Waals surface area contributed by atoms with E-state index in [1.54, 1.807) is 6.07 Å². The summed E-state index contributed by atoms with van der Waals surface area (Å²) in [5.74, 6) is -0.349. The van der Waals surface area contributed by atoms with Crippen LogP contribution in [-0.4, -0.2) is 35.8 Å². The van der Waals surface area contributed by atoms with Crippen molar-refractivity contribution in [2.24, 2.45) is 11.3 Å². The Morgan fingerprint density at radius 2 is 1.70 bits per heavy atom. The number of nitrogens with zero attached hydrogens (tertiary/aromatic N) is 1. The van der Waals surface area contributed by atoms with Gasteiger partial charge in [-0.05, 0) is 79.8 Å². The van der Waals surface area contributed by atoms with Crippen LogP contribution in [-0.2, 0) is 9.59 Å². The molecule has 174 valence electrons. The fourth-order valence-corrected chi connectivity index (χ4v) is 7.21. The maximum absolute atomic E-state index is 13.9. The SMILES string of the molecule is C[C@H]1NC(=O)[C@]2(C(=O)N3CCCC3)CC[C@@H](c3ccc(Cl)cc3Cl)[C@H](c3ccc(Cl)cc3)[C@H]12. The number of rotatable bonds is 3. The van der Waals surface area contributed by atoms with E-state index in [1.165, 1.54) is 0 Å². The number of benzene rings is 2. The Morgan fingerprint density at radius 1 is 1.03 bits per heavy atom. The molecule has 1 N–H and O–H groups in total. The molecule has 2 saturated heterocycles. The van der Waals surface area contributed by atoms with Crippen LogP contribution < -0.4 is 5.32 Å². The highest BCUT2D eigenvalue weighted by atomic mass is 35.5. The van der Waals surface area contributed by atoms with Gasteiger partial charge in [-0.3, -0.25) is 9.59 Å². The smallest absolute Gasteiger partial charge is 0.238 e. The van der Waals surface area contributed by atoms with Crippen molar-refractivity contribution in [2.75, 3.05) is 13.1 Å². The number of hydrogen-bond acceptors (Lipinski definition) is 2. The molecule has 7 heteroatoms. The van der Waals surface area contributed by atoms with Crippen molar-refractivity contribution >= 4 is 46.6 Å². The summed E-state index contributed by atoms with van der Waals surface area (Å²) in [4.78, 5) is 29.3. The van der Waals surface area contributed by atoms with E-state index in [0.29, 0.717) is 27.9 Å². The number of likely N-dealkylation sites (tertiary alicyclic amines) is 1. The zero-order chi connectivity index (χ0) is 23.3. The third-order valence-corrected chi connectivity index (χ3v) is 8.75. The van der Waals surface area contributed by atoms with Crippen LogP contribution in [0.1, 0.15) is 55.6 Å². The first-order valence-corrected chi connectivity index (χ1v) is 12.8. The second-order valence-corrected chi connectivity index (χ2v) is 10.9. The molecule has 2 amide bonds. The van der Waals surface area contributed by atoms with E-state index in [0.717, 1.165) is 37.1 Å². The highest BCUT2D eigenvalue weighted by Crippen LogP contribution is 2.60. The van der Waals surface area contributed by atoms with Gasteiger partial charge in [0.05, 0.1) is 0 Å². The molecular formula is C26H27Cl3N2O2. The maximum atomic E-state index is 13.9. The lowest BCUT2D eigenvalue weighted by atomic mass is 9.54. The molecule has 0 aromatic heterocycles. The fraction of sp³-hybridized carbons (Fsp3) is 0.462. The molecule has 3 fully saturated rings. The minimum absolute atomic E-state index is 0.00790. The monoisotopic (exact) mass is 504 g/mol. The molecule has 2 aliphatic heterocycles. The van der Waals surface area contributed by atoms with Crippen LogP contribution >= 0.6 is 34.8 Å². The minimum Gasteiger partial charge on any atom is -0.352 e. The molecule has 5 rings (SSSR count). The Kier molecular flexibility index (Phi) is 6.13. The van der Waals surface area contributed by atoms with Crippen molar-refractivity contribution in [1.29, 1.82) is 0 Å². The Morgan fingerprint density at radius 3 is 2.36 bits per heavy atom. The lowest BCUT2D eigenvalue weighted by molar-refractivity contribution is -0.153. The van der Waals surface area contributed by atoms with Crippen molar-refractivity contribution in [1.82, 2.24) is 10.2 Å².